The SMILES string of the molecule is Cc1cc(OCCN)c(C(C)(C)C)cn1. The van der Waals surface area contributed by atoms with Gasteiger partial charge in [-0.05, 0) is 12.3 Å². The minimum Gasteiger partial charge on any atom is -0.492 e. The van der Waals surface area contributed by atoms with Gasteiger partial charge in [-0.25, -0.2) is 0 Å². The third-order valence-corrected chi connectivity index (χ3v) is 2.19. The molecule has 0 aliphatic rings. The van der Waals surface area contributed by atoms with Gasteiger partial charge in [0.25, 0.3) is 0 Å². The van der Waals surface area contributed by atoms with E-state index in [1.54, 1.807) is 0 Å². The molecule has 1 aromatic heterocycles. The van der Waals surface area contributed by atoms with Gasteiger partial charge in [-0.3, -0.25) is 4.98 Å². The highest BCUT2D eigenvalue weighted by Gasteiger charge is 2.19. The molecule has 0 radical (unpaired) electrons. The molecule has 0 atom stereocenters. The van der Waals surface area contributed by atoms with Crippen molar-refractivity contribution in [2.24, 2.45) is 5.73 Å². The maximum Gasteiger partial charge on any atom is 0.126 e. The van der Waals surface area contributed by atoms with Gasteiger partial charge in [-0.15, -0.1) is 0 Å². The predicted molar refractivity (Wildman–Crippen MR) is 62.2 cm³/mol. The second-order valence-corrected chi connectivity index (χ2v) is 4.71. The maximum absolute atomic E-state index is 5.63. The van der Waals surface area contributed by atoms with Gasteiger partial charge in [0.05, 0.1) is 0 Å². The molecule has 0 saturated carbocycles. The van der Waals surface area contributed by atoms with Crippen LogP contribution in [0.25, 0.3) is 0 Å². The van der Waals surface area contributed by atoms with Crippen LogP contribution in [0, 0.1) is 6.92 Å². The highest BCUT2D eigenvalue weighted by Crippen LogP contribution is 2.30. The first kappa shape index (κ1) is 12.0. The number of rotatable bonds is 3. The van der Waals surface area contributed by atoms with E-state index in [1.807, 2.05) is 19.2 Å². The van der Waals surface area contributed by atoms with Crippen LogP contribution < -0.4 is 10.5 Å². The molecule has 0 saturated heterocycles. The zero-order valence-corrected chi connectivity index (χ0v) is 10.0. The Morgan fingerprint density at radius 1 is 1.40 bits per heavy atom. The number of hydrogen-bond donors (Lipinski definition) is 1. The van der Waals surface area contributed by atoms with Gasteiger partial charge in [0.15, 0.2) is 0 Å². The number of hydrogen-bond acceptors (Lipinski definition) is 3. The van der Waals surface area contributed by atoms with Crippen molar-refractivity contribution in [3.63, 3.8) is 0 Å². The van der Waals surface area contributed by atoms with E-state index in [-0.39, 0.29) is 5.41 Å². The summed E-state index contributed by atoms with van der Waals surface area (Å²) in [6, 6.07) is 1.97. The van der Waals surface area contributed by atoms with Crippen molar-refractivity contribution in [2.75, 3.05) is 13.2 Å². The lowest BCUT2D eigenvalue weighted by molar-refractivity contribution is 0.318. The average Bonchev–Trinajstić information content (AvgIpc) is 2.12. The van der Waals surface area contributed by atoms with Crippen LogP contribution in [-0.4, -0.2) is 18.1 Å². The van der Waals surface area contributed by atoms with Crippen LogP contribution in [0.2, 0.25) is 0 Å². The number of aromatic nitrogens is 1. The number of nitrogens with two attached hydrogens (primary N) is 1. The van der Waals surface area contributed by atoms with Crippen molar-refractivity contribution >= 4 is 0 Å². The van der Waals surface area contributed by atoms with Gasteiger partial charge in [-0.1, -0.05) is 20.8 Å². The highest BCUT2D eigenvalue weighted by atomic mass is 16.5. The molecular weight excluding hydrogens is 188 g/mol. The summed E-state index contributed by atoms with van der Waals surface area (Å²) in [6.07, 6.45) is 1.89. The lowest BCUT2D eigenvalue weighted by Gasteiger charge is -2.22. The van der Waals surface area contributed by atoms with Crippen LogP contribution in [0.1, 0.15) is 32.0 Å². The molecule has 0 aliphatic heterocycles. The summed E-state index contributed by atoms with van der Waals surface area (Å²) in [5, 5.41) is 0. The van der Waals surface area contributed by atoms with Crippen molar-refractivity contribution in [3.05, 3.63) is 23.5 Å². The fourth-order valence-electron chi connectivity index (χ4n) is 1.39. The third-order valence-electron chi connectivity index (χ3n) is 2.19. The molecule has 0 fully saturated rings. The average molecular weight is 208 g/mol. The van der Waals surface area contributed by atoms with E-state index >= 15 is 0 Å². The van der Waals surface area contributed by atoms with Crippen LogP contribution >= 0.6 is 0 Å². The molecule has 0 bridgehead atoms. The van der Waals surface area contributed by atoms with E-state index < -0.39 is 0 Å². The number of nitrogens with zero attached hydrogens (tertiary/aromatic N) is 1. The smallest absolute Gasteiger partial charge is 0.126 e. The quantitative estimate of drug-likeness (QED) is 0.826. The highest BCUT2D eigenvalue weighted by molar-refractivity contribution is 5.37. The van der Waals surface area contributed by atoms with Crippen LogP contribution in [0.15, 0.2) is 12.3 Å². The fraction of sp³-hybridized carbons (Fsp3) is 0.583. The van der Waals surface area contributed by atoms with Crippen LogP contribution in [0.5, 0.6) is 5.75 Å². The van der Waals surface area contributed by atoms with E-state index in [1.165, 1.54) is 0 Å². The predicted octanol–water partition coefficient (Wildman–Crippen LogP) is 2.03. The van der Waals surface area contributed by atoms with Gasteiger partial charge in [0, 0.05) is 30.1 Å². The van der Waals surface area contributed by atoms with Crippen molar-refractivity contribution in [2.45, 2.75) is 33.1 Å². The Hall–Kier alpha value is -1.09. The number of aryl methyl sites for hydroxylation is 1. The number of pyridine rings is 1. The minimum atomic E-state index is 0.0463. The normalized spacial score (nSPS) is 11.5. The maximum atomic E-state index is 5.63. The van der Waals surface area contributed by atoms with E-state index in [4.69, 9.17) is 10.5 Å². The lowest BCUT2D eigenvalue weighted by atomic mass is 9.87. The first-order chi connectivity index (χ1) is 6.95. The number of ether oxygens (including phenoxy) is 1. The molecule has 0 aromatic carbocycles. The van der Waals surface area contributed by atoms with Crippen LogP contribution in [0.3, 0.4) is 0 Å². The Labute approximate surface area is 91.7 Å². The summed E-state index contributed by atoms with van der Waals surface area (Å²) in [4.78, 5) is 4.30. The lowest BCUT2D eigenvalue weighted by Crippen LogP contribution is -2.17. The molecular formula is C12H20N2O. The first-order valence-corrected chi connectivity index (χ1v) is 5.25. The van der Waals surface area contributed by atoms with E-state index in [9.17, 15) is 0 Å². The molecule has 84 valence electrons. The fourth-order valence-corrected chi connectivity index (χ4v) is 1.39. The molecule has 0 amide bonds. The molecule has 15 heavy (non-hydrogen) atoms. The summed E-state index contributed by atoms with van der Waals surface area (Å²) >= 11 is 0. The van der Waals surface area contributed by atoms with E-state index in [0.29, 0.717) is 13.2 Å². The van der Waals surface area contributed by atoms with Gasteiger partial charge in [0.2, 0.25) is 0 Å². The summed E-state index contributed by atoms with van der Waals surface area (Å²) < 4.78 is 5.63. The van der Waals surface area contributed by atoms with Crippen molar-refractivity contribution in [1.29, 1.82) is 0 Å². The summed E-state index contributed by atoms with van der Waals surface area (Å²) in [5.41, 5.74) is 7.57. The summed E-state index contributed by atoms with van der Waals surface area (Å²) in [6.45, 7) is 9.48. The third kappa shape index (κ3) is 3.20. The molecule has 3 heteroatoms. The molecule has 1 heterocycles. The van der Waals surface area contributed by atoms with E-state index in [0.717, 1.165) is 17.0 Å². The van der Waals surface area contributed by atoms with Crippen LogP contribution in [0.4, 0.5) is 0 Å². The first-order valence-electron chi connectivity index (χ1n) is 5.25. The van der Waals surface area contributed by atoms with Gasteiger partial charge >= 0.3 is 0 Å². The molecule has 1 rings (SSSR count). The Balaban J connectivity index is 3.03. The standard InChI is InChI=1S/C12H20N2O/c1-9-7-11(15-6-5-13)10(8-14-9)12(2,3)4/h7-8H,5-6,13H2,1-4H3. The molecule has 2 N–H and O–H groups in total. The molecule has 0 aliphatic carbocycles. The van der Waals surface area contributed by atoms with Gasteiger partial charge in [-0.2, -0.15) is 0 Å². The Morgan fingerprint density at radius 3 is 2.60 bits per heavy atom. The molecule has 3 nitrogen and oxygen atoms in total. The molecule has 0 unspecified atom stereocenters. The van der Waals surface area contributed by atoms with Crippen molar-refractivity contribution in [3.8, 4) is 5.75 Å². The van der Waals surface area contributed by atoms with E-state index in [2.05, 4.69) is 25.8 Å². The zero-order valence-electron chi connectivity index (χ0n) is 10.0. The van der Waals surface area contributed by atoms with Gasteiger partial charge < -0.3 is 10.5 Å². The van der Waals surface area contributed by atoms with Crippen LogP contribution in [-0.2, 0) is 5.41 Å². The zero-order chi connectivity index (χ0) is 11.5. The second-order valence-electron chi connectivity index (χ2n) is 4.71. The van der Waals surface area contributed by atoms with Crippen molar-refractivity contribution in [1.82, 2.24) is 4.98 Å². The monoisotopic (exact) mass is 208 g/mol. The summed E-state index contributed by atoms with van der Waals surface area (Å²) in [5.74, 6) is 0.903. The largest absolute Gasteiger partial charge is 0.492 e. The Kier molecular flexibility index (Phi) is 3.69. The minimum absolute atomic E-state index is 0.0463. The Morgan fingerprint density at radius 2 is 2.07 bits per heavy atom. The molecule has 0 spiro atoms. The summed E-state index contributed by atoms with van der Waals surface area (Å²) in [7, 11) is 0. The second kappa shape index (κ2) is 4.62. The van der Waals surface area contributed by atoms with Gasteiger partial charge in [0.1, 0.15) is 12.4 Å². The van der Waals surface area contributed by atoms with Crippen molar-refractivity contribution < 1.29 is 4.74 Å². The topological polar surface area (TPSA) is 48.1 Å². The Bertz CT molecular complexity index is 329. The molecule has 1 aromatic rings.